The van der Waals surface area contributed by atoms with Crippen LogP contribution in [0.25, 0.3) is 0 Å². The standard InChI is InChI=1S/C19H25NS/c1-14-7-5-10-17(13-14)15(2)20-19(16-8-3-4-9-16)18-11-6-12-21-18/h5-7,10-13,15-16,19-20H,3-4,8-9H2,1-2H3. The smallest absolute Gasteiger partial charge is 0.0448 e. The first-order valence-corrected chi connectivity index (χ1v) is 8.98. The Labute approximate surface area is 132 Å². The van der Waals surface area contributed by atoms with Gasteiger partial charge in [0.25, 0.3) is 0 Å². The van der Waals surface area contributed by atoms with Gasteiger partial charge < -0.3 is 5.32 Å². The lowest BCUT2D eigenvalue weighted by molar-refractivity contribution is 0.343. The van der Waals surface area contributed by atoms with Gasteiger partial charge in [0, 0.05) is 17.0 Å². The summed E-state index contributed by atoms with van der Waals surface area (Å²) in [6.07, 6.45) is 5.53. The number of hydrogen-bond donors (Lipinski definition) is 1. The van der Waals surface area contributed by atoms with Gasteiger partial charge in [-0.05, 0) is 49.6 Å². The molecule has 1 nitrogen and oxygen atoms in total. The van der Waals surface area contributed by atoms with Gasteiger partial charge in [-0.25, -0.2) is 0 Å². The highest BCUT2D eigenvalue weighted by molar-refractivity contribution is 7.10. The van der Waals surface area contributed by atoms with Crippen molar-refractivity contribution in [2.75, 3.05) is 0 Å². The third-order valence-electron chi connectivity index (χ3n) is 4.69. The van der Waals surface area contributed by atoms with Crippen LogP contribution in [-0.2, 0) is 0 Å². The van der Waals surface area contributed by atoms with Crippen molar-refractivity contribution < 1.29 is 0 Å². The zero-order valence-corrected chi connectivity index (χ0v) is 13.8. The van der Waals surface area contributed by atoms with Crippen LogP contribution in [0.15, 0.2) is 41.8 Å². The van der Waals surface area contributed by atoms with E-state index >= 15 is 0 Å². The monoisotopic (exact) mass is 299 g/mol. The molecule has 0 radical (unpaired) electrons. The average molecular weight is 299 g/mol. The molecule has 1 N–H and O–H groups in total. The highest BCUT2D eigenvalue weighted by Gasteiger charge is 2.28. The van der Waals surface area contributed by atoms with E-state index in [-0.39, 0.29) is 0 Å². The second kappa shape index (κ2) is 6.76. The lowest BCUT2D eigenvalue weighted by Gasteiger charge is -2.28. The normalized spacial score (nSPS) is 18.8. The zero-order chi connectivity index (χ0) is 14.7. The summed E-state index contributed by atoms with van der Waals surface area (Å²) in [5.41, 5.74) is 2.74. The quantitative estimate of drug-likeness (QED) is 0.753. The number of thiophene rings is 1. The van der Waals surface area contributed by atoms with Crippen LogP contribution < -0.4 is 5.32 Å². The molecule has 2 aromatic rings. The summed E-state index contributed by atoms with van der Waals surface area (Å²) in [7, 11) is 0. The summed E-state index contributed by atoms with van der Waals surface area (Å²) in [5.74, 6) is 0.802. The van der Waals surface area contributed by atoms with Gasteiger partial charge in [0.15, 0.2) is 0 Å². The summed E-state index contributed by atoms with van der Waals surface area (Å²) in [6, 6.07) is 14.3. The Bertz CT molecular complexity index is 555. The fourth-order valence-corrected chi connectivity index (χ4v) is 4.39. The maximum Gasteiger partial charge on any atom is 0.0448 e. The minimum atomic E-state index is 0.401. The Morgan fingerprint density at radius 3 is 2.62 bits per heavy atom. The Kier molecular flexibility index (Phi) is 4.77. The Morgan fingerprint density at radius 2 is 1.95 bits per heavy atom. The van der Waals surface area contributed by atoms with Gasteiger partial charge in [-0.1, -0.05) is 48.7 Å². The lowest BCUT2D eigenvalue weighted by Crippen LogP contribution is -2.29. The first-order valence-electron chi connectivity index (χ1n) is 8.10. The van der Waals surface area contributed by atoms with Crippen molar-refractivity contribution in [1.82, 2.24) is 5.32 Å². The second-order valence-corrected chi connectivity index (χ2v) is 7.32. The highest BCUT2D eigenvalue weighted by atomic mass is 32.1. The third-order valence-corrected chi connectivity index (χ3v) is 5.65. The molecular weight excluding hydrogens is 274 g/mol. The van der Waals surface area contributed by atoms with Crippen LogP contribution >= 0.6 is 11.3 Å². The molecule has 1 fully saturated rings. The molecule has 0 aliphatic heterocycles. The Hall–Kier alpha value is -1.12. The molecule has 1 aliphatic carbocycles. The van der Waals surface area contributed by atoms with E-state index in [0.29, 0.717) is 12.1 Å². The molecule has 1 heterocycles. The number of nitrogens with one attached hydrogen (secondary N) is 1. The molecule has 21 heavy (non-hydrogen) atoms. The van der Waals surface area contributed by atoms with Crippen molar-refractivity contribution in [2.45, 2.75) is 51.6 Å². The van der Waals surface area contributed by atoms with Gasteiger partial charge in [0.1, 0.15) is 0 Å². The molecular formula is C19H25NS. The number of rotatable bonds is 5. The predicted octanol–water partition coefficient (Wildman–Crippen LogP) is 5.64. The first kappa shape index (κ1) is 14.8. The van der Waals surface area contributed by atoms with E-state index in [1.54, 1.807) is 0 Å². The van der Waals surface area contributed by atoms with Crippen molar-refractivity contribution in [1.29, 1.82) is 0 Å². The maximum atomic E-state index is 3.92. The topological polar surface area (TPSA) is 12.0 Å². The van der Waals surface area contributed by atoms with Crippen LogP contribution in [-0.4, -0.2) is 0 Å². The van der Waals surface area contributed by atoms with Crippen molar-refractivity contribution in [3.05, 3.63) is 57.8 Å². The van der Waals surface area contributed by atoms with Crippen molar-refractivity contribution >= 4 is 11.3 Å². The third kappa shape index (κ3) is 3.56. The Morgan fingerprint density at radius 1 is 1.14 bits per heavy atom. The number of aryl methyl sites for hydroxylation is 1. The van der Waals surface area contributed by atoms with Gasteiger partial charge in [-0.2, -0.15) is 0 Å². The highest BCUT2D eigenvalue weighted by Crippen LogP contribution is 2.38. The van der Waals surface area contributed by atoms with E-state index in [1.165, 1.54) is 41.7 Å². The van der Waals surface area contributed by atoms with Crippen LogP contribution in [0.4, 0.5) is 0 Å². The molecule has 2 heteroatoms. The van der Waals surface area contributed by atoms with Crippen LogP contribution in [0, 0.1) is 12.8 Å². The fraction of sp³-hybridized carbons (Fsp3) is 0.474. The van der Waals surface area contributed by atoms with Gasteiger partial charge in [-0.3, -0.25) is 0 Å². The zero-order valence-electron chi connectivity index (χ0n) is 13.0. The van der Waals surface area contributed by atoms with Gasteiger partial charge in [0.05, 0.1) is 0 Å². The number of benzene rings is 1. The van der Waals surface area contributed by atoms with Crippen molar-refractivity contribution in [3.63, 3.8) is 0 Å². The van der Waals surface area contributed by atoms with Gasteiger partial charge >= 0.3 is 0 Å². The summed E-state index contributed by atoms with van der Waals surface area (Å²) in [5, 5.41) is 6.12. The molecule has 0 bridgehead atoms. The van der Waals surface area contributed by atoms with Crippen LogP contribution in [0.1, 0.15) is 60.7 Å². The summed E-state index contributed by atoms with van der Waals surface area (Å²) < 4.78 is 0. The molecule has 2 unspecified atom stereocenters. The summed E-state index contributed by atoms with van der Waals surface area (Å²) >= 11 is 1.90. The minimum absolute atomic E-state index is 0.401. The molecule has 112 valence electrons. The molecule has 1 aromatic carbocycles. The lowest BCUT2D eigenvalue weighted by atomic mass is 9.94. The molecule has 0 spiro atoms. The van der Waals surface area contributed by atoms with Crippen LogP contribution in [0.3, 0.4) is 0 Å². The molecule has 1 aliphatic rings. The van der Waals surface area contributed by atoms with Crippen molar-refractivity contribution in [3.8, 4) is 0 Å². The molecule has 0 amide bonds. The molecule has 1 aromatic heterocycles. The summed E-state index contributed by atoms with van der Waals surface area (Å²) in [4.78, 5) is 1.50. The molecule has 0 saturated heterocycles. The fourth-order valence-electron chi connectivity index (χ4n) is 3.51. The molecule has 1 saturated carbocycles. The summed E-state index contributed by atoms with van der Waals surface area (Å²) in [6.45, 7) is 4.47. The van der Waals surface area contributed by atoms with E-state index in [0.717, 1.165) is 5.92 Å². The van der Waals surface area contributed by atoms with Gasteiger partial charge in [-0.15, -0.1) is 11.3 Å². The minimum Gasteiger partial charge on any atom is -0.302 e. The van der Waals surface area contributed by atoms with E-state index in [9.17, 15) is 0 Å². The first-order chi connectivity index (χ1) is 10.2. The SMILES string of the molecule is Cc1cccc(C(C)NC(c2cccs2)C2CCCC2)c1. The van der Waals surface area contributed by atoms with E-state index in [1.807, 2.05) is 11.3 Å². The van der Waals surface area contributed by atoms with Crippen LogP contribution in [0.5, 0.6) is 0 Å². The van der Waals surface area contributed by atoms with E-state index in [2.05, 4.69) is 60.9 Å². The van der Waals surface area contributed by atoms with Crippen LogP contribution in [0.2, 0.25) is 0 Å². The maximum absolute atomic E-state index is 3.92. The molecule has 2 atom stereocenters. The Balaban J connectivity index is 1.77. The molecule has 3 rings (SSSR count). The van der Waals surface area contributed by atoms with E-state index < -0.39 is 0 Å². The predicted molar refractivity (Wildman–Crippen MR) is 91.7 cm³/mol. The average Bonchev–Trinajstić information content (AvgIpc) is 3.18. The van der Waals surface area contributed by atoms with Crippen molar-refractivity contribution in [2.24, 2.45) is 5.92 Å². The van der Waals surface area contributed by atoms with Gasteiger partial charge in [0.2, 0.25) is 0 Å². The largest absolute Gasteiger partial charge is 0.302 e. The number of hydrogen-bond acceptors (Lipinski definition) is 2. The second-order valence-electron chi connectivity index (χ2n) is 6.34. The van der Waals surface area contributed by atoms with E-state index in [4.69, 9.17) is 0 Å².